The zero-order chi connectivity index (χ0) is 13.1. The second kappa shape index (κ2) is 4.96. The lowest BCUT2D eigenvalue weighted by Gasteiger charge is -2.17. The molecule has 0 spiro atoms. The zero-order valence-electron chi connectivity index (χ0n) is 10.4. The van der Waals surface area contributed by atoms with Crippen molar-refractivity contribution in [1.82, 2.24) is 4.90 Å². The van der Waals surface area contributed by atoms with Crippen LogP contribution in [0.1, 0.15) is 21.7 Å². The van der Waals surface area contributed by atoms with Crippen LogP contribution in [0.25, 0.3) is 0 Å². The topological polar surface area (TPSA) is 53.7 Å². The highest BCUT2D eigenvalue weighted by Crippen LogP contribution is 2.21. The van der Waals surface area contributed by atoms with Gasteiger partial charge >= 0.3 is 0 Å². The minimum absolute atomic E-state index is 0.132. The van der Waals surface area contributed by atoms with Crippen molar-refractivity contribution in [2.45, 2.75) is 13.5 Å². The summed E-state index contributed by atoms with van der Waals surface area (Å²) >= 11 is 0. The normalized spacial score (nSPS) is 10.3. The molecule has 0 bridgehead atoms. The molecule has 0 saturated carbocycles. The van der Waals surface area contributed by atoms with Crippen molar-refractivity contribution in [3.63, 3.8) is 0 Å². The summed E-state index contributed by atoms with van der Waals surface area (Å²) in [6.45, 7) is 2.13. The van der Waals surface area contributed by atoms with Gasteiger partial charge in [0.1, 0.15) is 11.5 Å². The molecule has 0 atom stereocenters. The van der Waals surface area contributed by atoms with Crippen LogP contribution in [0.5, 0.6) is 5.75 Å². The van der Waals surface area contributed by atoms with Crippen molar-refractivity contribution in [3.8, 4) is 5.75 Å². The van der Waals surface area contributed by atoms with E-state index in [4.69, 9.17) is 4.42 Å². The van der Waals surface area contributed by atoms with Gasteiger partial charge in [0.2, 0.25) is 0 Å². The fourth-order valence-corrected chi connectivity index (χ4v) is 1.77. The van der Waals surface area contributed by atoms with Crippen LogP contribution in [0.15, 0.2) is 41.0 Å². The summed E-state index contributed by atoms with van der Waals surface area (Å²) in [6.07, 6.45) is 1.58. The summed E-state index contributed by atoms with van der Waals surface area (Å²) in [6, 6.07) is 8.54. The van der Waals surface area contributed by atoms with E-state index in [2.05, 4.69) is 0 Å². The van der Waals surface area contributed by atoms with Crippen LogP contribution < -0.4 is 0 Å². The molecule has 0 unspecified atom stereocenters. The Hall–Kier alpha value is -2.23. The maximum atomic E-state index is 12.2. The Bertz CT molecular complexity index is 546. The van der Waals surface area contributed by atoms with E-state index in [-0.39, 0.29) is 11.7 Å². The van der Waals surface area contributed by atoms with Crippen LogP contribution in [0.2, 0.25) is 0 Å². The van der Waals surface area contributed by atoms with Gasteiger partial charge in [-0.2, -0.15) is 0 Å². The average Bonchev–Trinajstić information content (AvgIpc) is 2.84. The van der Waals surface area contributed by atoms with E-state index in [1.807, 2.05) is 6.07 Å². The monoisotopic (exact) mass is 245 g/mol. The highest BCUT2D eigenvalue weighted by molar-refractivity contribution is 5.96. The second-order valence-electron chi connectivity index (χ2n) is 4.19. The largest absolute Gasteiger partial charge is 0.508 e. The molecular formula is C14H15NO3. The van der Waals surface area contributed by atoms with Crippen LogP contribution in [-0.2, 0) is 6.54 Å². The Kier molecular flexibility index (Phi) is 3.37. The number of carbonyl (C=O) groups excluding carboxylic acids is 1. The van der Waals surface area contributed by atoms with E-state index in [1.165, 1.54) is 0 Å². The maximum absolute atomic E-state index is 12.2. The molecular weight excluding hydrogens is 230 g/mol. The van der Waals surface area contributed by atoms with Gasteiger partial charge in [-0.3, -0.25) is 4.79 Å². The Balaban J connectivity index is 2.18. The fraction of sp³-hybridized carbons (Fsp3) is 0.214. The molecule has 0 saturated heterocycles. The van der Waals surface area contributed by atoms with Crippen LogP contribution in [-0.4, -0.2) is 23.0 Å². The highest BCUT2D eigenvalue weighted by atomic mass is 16.3. The second-order valence-corrected chi connectivity index (χ2v) is 4.19. The summed E-state index contributed by atoms with van der Waals surface area (Å²) in [5, 5.41) is 9.60. The van der Waals surface area contributed by atoms with Gasteiger partial charge in [-0.05, 0) is 31.2 Å². The van der Waals surface area contributed by atoms with E-state index in [0.29, 0.717) is 17.7 Å². The SMILES string of the molecule is Cc1c(O)cccc1C(=O)N(C)Cc1ccco1. The first-order chi connectivity index (χ1) is 8.59. The number of hydrogen-bond acceptors (Lipinski definition) is 3. The molecule has 2 rings (SSSR count). The summed E-state index contributed by atoms with van der Waals surface area (Å²) in [4.78, 5) is 13.8. The summed E-state index contributed by atoms with van der Waals surface area (Å²) < 4.78 is 5.20. The minimum atomic E-state index is -0.139. The number of amides is 1. The van der Waals surface area contributed by atoms with Crippen LogP contribution in [0.4, 0.5) is 0 Å². The van der Waals surface area contributed by atoms with Gasteiger partial charge < -0.3 is 14.4 Å². The van der Waals surface area contributed by atoms with Gasteiger partial charge in [0.15, 0.2) is 0 Å². The fourth-order valence-electron chi connectivity index (χ4n) is 1.77. The number of phenolic OH excluding ortho intramolecular Hbond substituents is 1. The number of carbonyl (C=O) groups is 1. The van der Waals surface area contributed by atoms with Crippen LogP contribution >= 0.6 is 0 Å². The van der Waals surface area contributed by atoms with E-state index in [0.717, 1.165) is 5.76 Å². The number of phenols is 1. The van der Waals surface area contributed by atoms with Crippen molar-refractivity contribution in [3.05, 3.63) is 53.5 Å². The summed E-state index contributed by atoms with van der Waals surface area (Å²) in [5.41, 5.74) is 1.10. The molecule has 1 heterocycles. The first-order valence-electron chi connectivity index (χ1n) is 5.66. The van der Waals surface area contributed by atoms with Crippen LogP contribution in [0, 0.1) is 6.92 Å². The quantitative estimate of drug-likeness (QED) is 0.904. The highest BCUT2D eigenvalue weighted by Gasteiger charge is 2.16. The average molecular weight is 245 g/mol. The number of benzene rings is 1. The van der Waals surface area contributed by atoms with Gasteiger partial charge in [0.05, 0.1) is 12.8 Å². The molecule has 0 aliphatic carbocycles. The van der Waals surface area contributed by atoms with Gasteiger partial charge in [-0.1, -0.05) is 6.07 Å². The van der Waals surface area contributed by atoms with Crippen molar-refractivity contribution >= 4 is 5.91 Å². The molecule has 4 nitrogen and oxygen atoms in total. The number of rotatable bonds is 3. The molecule has 0 aliphatic heterocycles. The first kappa shape index (κ1) is 12.2. The molecule has 0 fully saturated rings. The number of hydrogen-bond donors (Lipinski definition) is 1. The maximum Gasteiger partial charge on any atom is 0.254 e. The molecule has 2 aromatic rings. The summed E-state index contributed by atoms with van der Waals surface area (Å²) in [7, 11) is 1.70. The van der Waals surface area contributed by atoms with Crippen molar-refractivity contribution in [2.24, 2.45) is 0 Å². The third-order valence-electron chi connectivity index (χ3n) is 2.86. The van der Waals surface area contributed by atoms with Gasteiger partial charge in [-0.25, -0.2) is 0 Å². The molecule has 1 amide bonds. The predicted octanol–water partition coefficient (Wildman–Crippen LogP) is 2.57. The third-order valence-corrected chi connectivity index (χ3v) is 2.86. The smallest absolute Gasteiger partial charge is 0.254 e. The molecule has 0 radical (unpaired) electrons. The number of furan rings is 1. The minimum Gasteiger partial charge on any atom is -0.508 e. The molecule has 1 N–H and O–H groups in total. The lowest BCUT2D eigenvalue weighted by Crippen LogP contribution is -2.26. The molecule has 1 aromatic carbocycles. The summed E-state index contributed by atoms with van der Waals surface area (Å²) in [5.74, 6) is 0.718. The molecule has 18 heavy (non-hydrogen) atoms. The molecule has 0 aliphatic rings. The Morgan fingerprint density at radius 1 is 1.33 bits per heavy atom. The third kappa shape index (κ3) is 2.37. The number of nitrogens with zero attached hydrogens (tertiary/aromatic N) is 1. The zero-order valence-corrected chi connectivity index (χ0v) is 10.4. The predicted molar refractivity (Wildman–Crippen MR) is 67.3 cm³/mol. The Morgan fingerprint density at radius 3 is 2.78 bits per heavy atom. The van der Waals surface area contributed by atoms with E-state index in [9.17, 15) is 9.90 Å². The Morgan fingerprint density at radius 2 is 2.11 bits per heavy atom. The van der Waals surface area contributed by atoms with Crippen molar-refractivity contribution in [2.75, 3.05) is 7.05 Å². The van der Waals surface area contributed by atoms with Gasteiger partial charge in [0, 0.05) is 18.2 Å². The first-order valence-corrected chi connectivity index (χ1v) is 5.66. The number of aromatic hydroxyl groups is 1. The van der Waals surface area contributed by atoms with Gasteiger partial charge in [-0.15, -0.1) is 0 Å². The van der Waals surface area contributed by atoms with Crippen LogP contribution in [0.3, 0.4) is 0 Å². The molecule has 4 heteroatoms. The van der Waals surface area contributed by atoms with Gasteiger partial charge in [0.25, 0.3) is 5.91 Å². The molecule has 94 valence electrons. The van der Waals surface area contributed by atoms with Crippen molar-refractivity contribution < 1.29 is 14.3 Å². The lowest BCUT2D eigenvalue weighted by molar-refractivity contribution is 0.0774. The lowest BCUT2D eigenvalue weighted by atomic mass is 10.1. The van der Waals surface area contributed by atoms with E-state index in [1.54, 1.807) is 49.4 Å². The Labute approximate surface area is 105 Å². The van der Waals surface area contributed by atoms with E-state index < -0.39 is 0 Å². The van der Waals surface area contributed by atoms with Crippen molar-refractivity contribution in [1.29, 1.82) is 0 Å². The molecule has 1 aromatic heterocycles. The standard InChI is InChI=1S/C14H15NO3/c1-10-12(6-3-7-13(10)16)14(17)15(2)9-11-5-4-8-18-11/h3-8,16H,9H2,1-2H3. The van der Waals surface area contributed by atoms with E-state index >= 15 is 0 Å².